The number of carbonyl (C=O) groups is 5. The van der Waals surface area contributed by atoms with Crippen molar-refractivity contribution in [3.63, 3.8) is 0 Å². The number of hydrogen-bond donors (Lipinski definition) is 3. The molecule has 0 saturated carbocycles. The minimum atomic E-state index is -1.02. The Hall–Kier alpha value is -4.54. The van der Waals surface area contributed by atoms with Crippen molar-refractivity contribution in [2.45, 2.75) is 45.7 Å². The summed E-state index contributed by atoms with van der Waals surface area (Å²) in [7, 11) is 0. The van der Waals surface area contributed by atoms with Crippen LogP contribution in [0.3, 0.4) is 0 Å². The van der Waals surface area contributed by atoms with E-state index in [0.29, 0.717) is 35.9 Å². The van der Waals surface area contributed by atoms with Crippen molar-refractivity contribution < 1.29 is 32.8 Å². The summed E-state index contributed by atoms with van der Waals surface area (Å²) >= 11 is 0. The molecule has 0 bridgehead atoms. The van der Waals surface area contributed by atoms with Gasteiger partial charge in [-0.1, -0.05) is 32.0 Å². The monoisotopic (exact) mass is 564 g/mol. The van der Waals surface area contributed by atoms with Gasteiger partial charge in [0.1, 0.15) is 23.7 Å². The molecule has 2 aromatic carbocycles. The molecule has 1 aliphatic rings. The second-order valence-corrected chi connectivity index (χ2v) is 10.5. The number of nitrogens with zero attached hydrogens (tertiary/aromatic N) is 1. The number of para-hydroxylation sites is 1. The molecule has 0 aliphatic carbocycles. The molecular formula is C30H33FN4O6. The molecule has 0 unspecified atom stereocenters. The molecule has 4 rings (SSSR count). The van der Waals surface area contributed by atoms with Gasteiger partial charge < -0.3 is 30.1 Å². The molecule has 3 atom stereocenters. The second-order valence-electron chi connectivity index (χ2n) is 10.5. The number of furan rings is 1. The number of benzene rings is 2. The fraction of sp³-hybridized carbons (Fsp3) is 0.367. The van der Waals surface area contributed by atoms with Gasteiger partial charge in [-0.05, 0) is 61.6 Å². The van der Waals surface area contributed by atoms with E-state index in [1.807, 2.05) is 0 Å². The molecule has 1 aliphatic heterocycles. The Morgan fingerprint density at radius 3 is 2.59 bits per heavy atom. The average Bonchev–Trinajstić information content (AvgIpc) is 3.55. The van der Waals surface area contributed by atoms with Crippen LogP contribution in [0.1, 0.15) is 42.8 Å². The maximum absolute atomic E-state index is 13.5. The number of hydrogen-bond acceptors (Lipinski definition) is 6. The van der Waals surface area contributed by atoms with Crippen LogP contribution in [0.5, 0.6) is 0 Å². The molecule has 0 radical (unpaired) electrons. The quantitative estimate of drug-likeness (QED) is 0.306. The SMILES string of the molecule is Cc1ccccc1N(C(=O)CNC(=O)[C@@H](NC(=O)c1cc2cc(F)ccc2o1)C(C)C)[C@H](C=O)C[C@@H]1CCNC1=O. The molecule has 216 valence electrons. The first kappa shape index (κ1) is 29.4. The van der Waals surface area contributed by atoms with Crippen molar-refractivity contribution in [3.8, 4) is 0 Å². The third kappa shape index (κ3) is 6.79. The number of anilines is 1. The van der Waals surface area contributed by atoms with Gasteiger partial charge in [0.05, 0.1) is 12.6 Å². The van der Waals surface area contributed by atoms with E-state index in [0.717, 1.165) is 5.56 Å². The zero-order valence-electron chi connectivity index (χ0n) is 23.1. The largest absolute Gasteiger partial charge is 0.451 e. The first-order chi connectivity index (χ1) is 19.6. The highest BCUT2D eigenvalue weighted by Crippen LogP contribution is 2.26. The van der Waals surface area contributed by atoms with Crippen LogP contribution >= 0.6 is 0 Å². The van der Waals surface area contributed by atoms with Crippen molar-refractivity contribution in [2.75, 3.05) is 18.0 Å². The molecule has 41 heavy (non-hydrogen) atoms. The van der Waals surface area contributed by atoms with Crippen molar-refractivity contribution >= 4 is 46.6 Å². The van der Waals surface area contributed by atoms with E-state index in [9.17, 15) is 28.4 Å². The summed E-state index contributed by atoms with van der Waals surface area (Å²) in [5, 5.41) is 8.36. The second kappa shape index (κ2) is 12.8. The summed E-state index contributed by atoms with van der Waals surface area (Å²) in [5.74, 6) is -3.30. The van der Waals surface area contributed by atoms with Gasteiger partial charge in [-0.2, -0.15) is 0 Å². The minimum Gasteiger partial charge on any atom is -0.451 e. The van der Waals surface area contributed by atoms with Gasteiger partial charge in [-0.25, -0.2) is 4.39 Å². The first-order valence-corrected chi connectivity index (χ1v) is 13.5. The number of carbonyl (C=O) groups excluding carboxylic acids is 5. The zero-order chi connectivity index (χ0) is 29.7. The molecule has 0 spiro atoms. The third-order valence-corrected chi connectivity index (χ3v) is 7.17. The van der Waals surface area contributed by atoms with Gasteiger partial charge in [-0.3, -0.25) is 19.2 Å². The lowest BCUT2D eigenvalue weighted by Gasteiger charge is -2.31. The normalized spacial score (nSPS) is 16.2. The van der Waals surface area contributed by atoms with Gasteiger partial charge in [0, 0.05) is 23.5 Å². The summed E-state index contributed by atoms with van der Waals surface area (Å²) < 4.78 is 19.0. The molecular weight excluding hydrogens is 531 g/mol. The van der Waals surface area contributed by atoms with Crippen molar-refractivity contribution in [1.29, 1.82) is 0 Å². The van der Waals surface area contributed by atoms with Crippen LogP contribution < -0.4 is 20.9 Å². The summed E-state index contributed by atoms with van der Waals surface area (Å²) in [6.07, 6.45) is 1.36. The van der Waals surface area contributed by atoms with E-state index < -0.39 is 48.1 Å². The molecule has 1 aromatic heterocycles. The highest BCUT2D eigenvalue weighted by molar-refractivity contribution is 6.02. The minimum absolute atomic E-state index is 0.0874. The Bertz CT molecular complexity index is 1470. The van der Waals surface area contributed by atoms with E-state index in [1.165, 1.54) is 29.2 Å². The lowest BCUT2D eigenvalue weighted by Crippen LogP contribution is -2.53. The number of rotatable bonds is 11. The van der Waals surface area contributed by atoms with Crippen LogP contribution in [0, 0.1) is 24.6 Å². The molecule has 2 heterocycles. The third-order valence-electron chi connectivity index (χ3n) is 7.17. The summed E-state index contributed by atoms with van der Waals surface area (Å²) in [4.78, 5) is 65.3. The summed E-state index contributed by atoms with van der Waals surface area (Å²) in [6.45, 7) is 5.33. The van der Waals surface area contributed by atoms with Gasteiger partial charge in [0.25, 0.3) is 5.91 Å². The highest BCUT2D eigenvalue weighted by atomic mass is 19.1. The molecule has 3 aromatic rings. The Kier molecular flexibility index (Phi) is 9.16. The molecule has 4 amide bonds. The predicted molar refractivity (Wildman–Crippen MR) is 150 cm³/mol. The summed E-state index contributed by atoms with van der Waals surface area (Å²) in [5.41, 5.74) is 1.56. The van der Waals surface area contributed by atoms with Crippen molar-refractivity contribution in [1.82, 2.24) is 16.0 Å². The van der Waals surface area contributed by atoms with Crippen molar-refractivity contribution in [2.24, 2.45) is 11.8 Å². The number of halogens is 1. The van der Waals surface area contributed by atoms with Crippen LogP contribution in [0.15, 0.2) is 52.9 Å². The zero-order valence-corrected chi connectivity index (χ0v) is 23.1. The number of aldehydes is 1. The fourth-order valence-corrected chi connectivity index (χ4v) is 4.95. The highest BCUT2D eigenvalue weighted by Gasteiger charge is 2.34. The number of fused-ring (bicyclic) bond motifs is 1. The van der Waals surface area contributed by atoms with E-state index in [2.05, 4.69) is 16.0 Å². The summed E-state index contributed by atoms with van der Waals surface area (Å²) in [6, 6.07) is 10.4. The molecule has 1 fully saturated rings. The maximum Gasteiger partial charge on any atom is 0.287 e. The number of aryl methyl sites for hydroxylation is 1. The van der Waals surface area contributed by atoms with Crippen LogP contribution in [-0.2, 0) is 19.2 Å². The van der Waals surface area contributed by atoms with Gasteiger partial charge >= 0.3 is 0 Å². The lowest BCUT2D eigenvalue weighted by molar-refractivity contribution is -0.127. The molecule has 1 saturated heterocycles. The van der Waals surface area contributed by atoms with Crippen LogP contribution in [0.2, 0.25) is 0 Å². The lowest BCUT2D eigenvalue weighted by atomic mass is 9.97. The Balaban J connectivity index is 1.48. The number of nitrogens with one attached hydrogen (secondary N) is 3. The number of amides is 4. The van der Waals surface area contributed by atoms with E-state index >= 15 is 0 Å². The van der Waals surface area contributed by atoms with Crippen LogP contribution in [0.25, 0.3) is 11.0 Å². The fourth-order valence-electron chi connectivity index (χ4n) is 4.95. The average molecular weight is 565 g/mol. The maximum atomic E-state index is 13.5. The first-order valence-electron chi connectivity index (χ1n) is 13.5. The Morgan fingerprint density at radius 1 is 1.17 bits per heavy atom. The van der Waals surface area contributed by atoms with E-state index in [-0.39, 0.29) is 24.0 Å². The van der Waals surface area contributed by atoms with E-state index in [1.54, 1.807) is 45.0 Å². The van der Waals surface area contributed by atoms with Crippen molar-refractivity contribution in [3.05, 3.63) is 65.7 Å². The molecule has 10 nitrogen and oxygen atoms in total. The van der Waals surface area contributed by atoms with E-state index in [4.69, 9.17) is 4.42 Å². The van der Waals surface area contributed by atoms with Gasteiger partial charge in [0.2, 0.25) is 17.7 Å². The molecule has 3 N–H and O–H groups in total. The van der Waals surface area contributed by atoms with Gasteiger partial charge in [-0.15, -0.1) is 0 Å². The molecule has 11 heteroatoms. The standard InChI is InChI=1S/C30H33FN4O6/c1-17(2)27(34-29(39)25-14-20-12-21(31)8-9-24(20)41-25)30(40)33-15-26(37)35(23-7-5-4-6-18(23)3)22(16-36)13-19-10-11-32-28(19)38/h4-9,12,14,16-17,19,22,27H,10-11,13,15H2,1-3H3,(H,32,38)(H,33,40)(H,34,39)/t19-,22-,27-/m0/s1. The Morgan fingerprint density at radius 2 is 1.93 bits per heavy atom. The predicted octanol–water partition coefficient (Wildman–Crippen LogP) is 2.88. The smallest absolute Gasteiger partial charge is 0.287 e. The van der Waals surface area contributed by atoms with Crippen LogP contribution in [0.4, 0.5) is 10.1 Å². The Labute approximate surface area is 236 Å². The van der Waals surface area contributed by atoms with Crippen LogP contribution in [-0.4, -0.2) is 55.1 Å². The topological polar surface area (TPSA) is 138 Å². The van der Waals surface area contributed by atoms with Gasteiger partial charge in [0.15, 0.2) is 5.76 Å².